The molecule has 0 aliphatic rings. The first-order valence-electron chi connectivity index (χ1n) is 5.48. The fraction of sp³-hybridized carbons (Fsp3) is 0.273. The first kappa shape index (κ1) is 13.3. The van der Waals surface area contributed by atoms with Gasteiger partial charge in [0, 0.05) is 6.54 Å². The molecule has 8 heteroatoms. The summed E-state index contributed by atoms with van der Waals surface area (Å²) in [5.41, 5.74) is 6.25. The first-order valence-corrected chi connectivity index (χ1v) is 6.46. The molecule has 0 saturated carbocycles. The average molecular weight is 279 g/mol. The van der Waals surface area contributed by atoms with Crippen molar-refractivity contribution in [2.45, 2.75) is 18.6 Å². The Balaban J connectivity index is 2.60. The predicted molar refractivity (Wildman–Crippen MR) is 70.5 cm³/mol. The summed E-state index contributed by atoms with van der Waals surface area (Å²) in [6, 6.07) is 0. The lowest BCUT2D eigenvalue weighted by atomic mass is 10.3. The zero-order valence-corrected chi connectivity index (χ0v) is 11.2. The number of aryl methyl sites for hydroxylation is 1. The standard InChI is InChI=1S/C11H13N5O2S/c1-3-4-16-9(13)8-6(2)15-18-10(8)14-11(16)19-5-7(12)17/h3,13H,1,4-5H2,2H3,(H2,12,17). The molecular weight excluding hydrogens is 266 g/mol. The number of hydrogen-bond acceptors (Lipinski definition) is 6. The Labute approximate surface area is 113 Å². The molecule has 2 aromatic rings. The van der Waals surface area contributed by atoms with Crippen molar-refractivity contribution in [2.24, 2.45) is 5.73 Å². The van der Waals surface area contributed by atoms with Crippen molar-refractivity contribution in [1.82, 2.24) is 14.7 Å². The van der Waals surface area contributed by atoms with E-state index in [1.165, 1.54) is 0 Å². The van der Waals surface area contributed by atoms with E-state index in [0.717, 1.165) is 11.8 Å². The summed E-state index contributed by atoms with van der Waals surface area (Å²) in [5.74, 6) is -0.361. The lowest BCUT2D eigenvalue weighted by molar-refractivity contribution is -0.115. The second kappa shape index (κ2) is 5.27. The molecule has 0 aliphatic heterocycles. The molecule has 2 rings (SSSR count). The monoisotopic (exact) mass is 279 g/mol. The van der Waals surface area contributed by atoms with E-state index in [0.29, 0.717) is 22.8 Å². The molecule has 3 N–H and O–H groups in total. The van der Waals surface area contributed by atoms with Gasteiger partial charge in [0.2, 0.25) is 5.91 Å². The van der Waals surface area contributed by atoms with Gasteiger partial charge in [-0.3, -0.25) is 10.2 Å². The summed E-state index contributed by atoms with van der Waals surface area (Å²) >= 11 is 1.16. The number of nitrogens with two attached hydrogens (primary N) is 1. The molecule has 0 saturated heterocycles. The van der Waals surface area contributed by atoms with Crippen molar-refractivity contribution in [1.29, 1.82) is 5.41 Å². The highest BCUT2D eigenvalue weighted by molar-refractivity contribution is 7.99. The number of fused-ring (bicyclic) bond motifs is 1. The zero-order valence-electron chi connectivity index (χ0n) is 10.3. The SMILES string of the molecule is C=CCn1c(SCC(N)=O)nc2onc(C)c2c1=N. The summed E-state index contributed by atoms with van der Waals surface area (Å²) < 4.78 is 6.69. The summed E-state index contributed by atoms with van der Waals surface area (Å²) in [7, 11) is 0. The number of allylic oxidation sites excluding steroid dienone is 1. The van der Waals surface area contributed by atoms with Crippen LogP contribution < -0.4 is 11.2 Å². The van der Waals surface area contributed by atoms with Crippen molar-refractivity contribution in [2.75, 3.05) is 5.75 Å². The Kier molecular flexibility index (Phi) is 3.70. The third-order valence-corrected chi connectivity index (χ3v) is 3.43. The molecule has 0 spiro atoms. The summed E-state index contributed by atoms with van der Waals surface area (Å²) in [6.07, 6.45) is 1.66. The second-order valence-corrected chi connectivity index (χ2v) is 4.79. The largest absolute Gasteiger partial charge is 0.369 e. The van der Waals surface area contributed by atoms with Crippen LogP contribution in [-0.2, 0) is 11.3 Å². The van der Waals surface area contributed by atoms with Gasteiger partial charge in [0.25, 0.3) is 5.71 Å². The van der Waals surface area contributed by atoms with E-state index in [-0.39, 0.29) is 17.0 Å². The number of nitrogens with zero attached hydrogens (tertiary/aromatic N) is 3. The van der Waals surface area contributed by atoms with E-state index in [1.54, 1.807) is 17.6 Å². The van der Waals surface area contributed by atoms with Gasteiger partial charge in [-0.05, 0) is 6.92 Å². The van der Waals surface area contributed by atoms with Gasteiger partial charge in [-0.2, -0.15) is 4.98 Å². The van der Waals surface area contributed by atoms with E-state index >= 15 is 0 Å². The highest BCUT2D eigenvalue weighted by atomic mass is 32.2. The van der Waals surface area contributed by atoms with Crippen molar-refractivity contribution in [3.63, 3.8) is 0 Å². The van der Waals surface area contributed by atoms with Gasteiger partial charge in [0.1, 0.15) is 10.9 Å². The third-order valence-electron chi connectivity index (χ3n) is 2.43. The van der Waals surface area contributed by atoms with Crippen LogP contribution in [0.4, 0.5) is 0 Å². The minimum Gasteiger partial charge on any atom is -0.369 e. The summed E-state index contributed by atoms with van der Waals surface area (Å²) in [6.45, 7) is 5.81. The number of carbonyl (C=O) groups excluding carboxylic acids is 1. The molecule has 2 aromatic heterocycles. The molecule has 0 atom stereocenters. The van der Waals surface area contributed by atoms with Crippen molar-refractivity contribution < 1.29 is 9.32 Å². The van der Waals surface area contributed by atoms with E-state index in [4.69, 9.17) is 15.7 Å². The quantitative estimate of drug-likeness (QED) is 0.472. The number of thioether (sulfide) groups is 1. The van der Waals surface area contributed by atoms with Crippen LogP contribution in [0.5, 0.6) is 0 Å². The minimum absolute atomic E-state index is 0.0855. The Bertz CT molecular complexity index is 703. The Morgan fingerprint density at radius 3 is 3.05 bits per heavy atom. The molecule has 7 nitrogen and oxygen atoms in total. The maximum Gasteiger partial charge on any atom is 0.264 e. The highest BCUT2D eigenvalue weighted by Crippen LogP contribution is 2.18. The lowest BCUT2D eigenvalue weighted by Crippen LogP contribution is -2.24. The molecule has 0 aromatic carbocycles. The first-order chi connectivity index (χ1) is 9.04. The zero-order chi connectivity index (χ0) is 14.0. The molecule has 0 unspecified atom stereocenters. The smallest absolute Gasteiger partial charge is 0.264 e. The molecule has 0 fully saturated rings. The van der Waals surface area contributed by atoms with Crippen molar-refractivity contribution in [3.05, 3.63) is 23.8 Å². The molecule has 0 bridgehead atoms. The van der Waals surface area contributed by atoms with Crippen LogP contribution in [0, 0.1) is 12.3 Å². The van der Waals surface area contributed by atoms with Crippen LogP contribution in [0.1, 0.15) is 5.69 Å². The number of nitrogens with one attached hydrogen (secondary N) is 1. The normalized spacial score (nSPS) is 10.8. The van der Waals surface area contributed by atoms with E-state index in [9.17, 15) is 4.79 Å². The summed E-state index contributed by atoms with van der Waals surface area (Å²) in [5, 5.41) is 13.0. The van der Waals surface area contributed by atoms with Gasteiger partial charge >= 0.3 is 0 Å². The molecule has 0 aliphatic carbocycles. The molecule has 100 valence electrons. The highest BCUT2D eigenvalue weighted by Gasteiger charge is 2.15. The number of amides is 1. The third kappa shape index (κ3) is 2.53. The fourth-order valence-corrected chi connectivity index (χ4v) is 2.37. The average Bonchev–Trinajstić information content (AvgIpc) is 2.72. The van der Waals surface area contributed by atoms with Gasteiger partial charge in [0.05, 0.1) is 11.4 Å². The summed E-state index contributed by atoms with van der Waals surface area (Å²) in [4.78, 5) is 15.1. The van der Waals surface area contributed by atoms with Crippen LogP contribution in [0.2, 0.25) is 0 Å². The molecule has 0 radical (unpaired) electrons. The lowest BCUT2D eigenvalue weighted by Gasteiger charge is -2.09. The van der Waals surface area contributed by atoms with Gasteiger partial charge in [-0.1, -0.05) is 23.0 Å². The Morgan fingerprint density at radius 2 is 2.42 bits per heavy atom. The fourth-order valence-electron chi connectivity index (χ4n) is 1.63. The number of carbonyl (C=O) groups is 1. The van der Waals surface area contributed by atoms with Crippen LogP contribution in [-0.4, -0.2) is 26.4 Å². The molecular formula is C11H13N5O2S. The van der Waals surface area contributed by atoms with Crippen molar-refractivity contribution in [3.8, 4) is 0 Å². The molecule has 2 heterocycles. The van der Waals surface area contributed by atoms with Crippen LogP contribution in [0.15, 0.2) is 22.3 Å². The van der Waals surface area contributed by atoms with Crippen molar-refractivity contribution >= 4 is 28.8 Å². The molecule has 1 amide bonds. The van der Waals surface area contributed by atoms with Crippen LogP contribution in [0.3, 0.4) is 0 Å². The van der Waals surface area contributed by atoms with Crippen LogP contribution >= 0.6 is 11.8 Å². The topological polar surface area (TPSA) is 111 Å². The number of aromatic nitrogens is 3. The van der Waals surface area contributed by atoms with E-state index < -0.39 is 5.91 Å². The van der Waals surface area contributed by atoms with Gasteiger partial charge in [-0.25, -0.2) is 0 Å². The predicted octanol–water partition coefficient (Wildman–Crippen LogP) is 0.576. The van der Waals surface area contributed by atoms with E-state index in [2.05, 4.69) is 16.7 Å². The van der Waals surface area contributed by atoms with E-state index in [1.807, 2.05) is 0 Å². The maximum atomic E-state index is 10.9. The van der Waals surface area contributed by atoms with Gasteiger partial charge < -0.3 is 14.8 Å². The number of primary amides is 1. The van der Waals surface area contributed by atoms with Gasteiger partial charge in [-0.15, -0.1) is 6.58 Å². The number of rotatable bonds is 5. The van der Waals surface area contributed by atoms with Crippen LogP contribution in [0.25, 0.3) is 11.1 Å². The minimum atomic E-state index is -0.447. The maximum absolute atomic E-state index is 10.9. The molecule has 19 heavy (non-hydrogen) atoms. The van der Waals surface area contributed by atoms with Gasteiger partial charge in [0.15, 0.2) is 5.16 Å². The second-order valence-electron chi connectivity index (χ2n) is 3.85. The number of hydrogen-bond donors (Lipinski definition) is 2. The Hall–Kier alpha value is -2.09. The Morgan fingerprint density at radius 1 is 1.68 bits per heavy atom.